The second kappa shape index (κ2) is 6.79. The van der Waals surface area contributed by atoms with Crippen molar-refractivity contribution in [2.75, 3.05) is 0 Å². The Bertz CT molecular complexity index is 360. The van der Waals surface area contributed by atoms with Gasteiger partial charge in [0.15, 0.2) is 0 Å². The summed E-state index contributed by atoms with van der Waals surface area (Å²) in [6, 6.07) is 9.40. The molecule has 0 bridgehead atoms. The van der Waals surface area contributed by atoms with Gasteiger partial charge in [0.25, 0.3) is 0 Å². The minimum absolute atomic E-state index is 0.224. The maximum absolute atomic E-state index is 5.75. The molecule has 1 aromatic carbocycles. The highest BCUT2D eigenvalue weighted by molar-refractivity contribution is 5.31. The number of benzene rings is 1. The third-order valence-electron chi connectivity index (χ3n) is 3.10. The average molecular weight is 249 g/mol. The van der Waals surface area contributed by atoms with E-state index in [1.807, 2.05) is 6.07 Å². The first-order valence-electron chi connectivity index (χ1n) is 6.92. The number of nitrogens with one attached hydrogen (secondary N) is 1. The molecule has 0 aliphatic heterocycles. The molecule has 0 spiro atoms. The van der Waals surface area contributed by atoms with Crippen LogP contribution in [-0.2, 0) is 0 Å². The van der Waals surface area contributed by atoms with Gasteiger partial charge in [-0.3, -0.25) is 0 Å². The van der Waals surface area contributed by atoms with Crippen LogP contribution in [0, 0.1) is 0 Å². The topological polar surface area (TPSA) is 21.3 Å². The highest BCUT2D eigenvalue weighted by atomic mass is 16.5. The molecule has 2 atom stereocenters. The van der Waals surface area contributed by atoms with Gasteiger partial charge in [0, 0.05) is 12.1 Å². The van der Waals surface area contributed by atoms with Crippen molar-refractivity contribution < 1.29 is 4.74 Å². The Morgan fingerprint density at radius 1 is 1.00 bits per heavy atom. The van der Waals surface area contributed by atoms with E-state index in [1.165, 1.54) is 5.56 Å². The minimum Gasteiger partial charge on any atom is -0.491 e. The standard InChI is InChI=1S/C16H27NO/c1-11(2)17-14(6)13(5)15-8-7-9-16(10-15)18-12(3)4/h7-14,17H,1-6H3. The van der Waals surface area contributed by atoms with Crippen LogP contribution in [0.25, 0.3) is 0 Å². The Morgan fingerprint density at radius 3 is 2.22 bits per heavy atom. The van der Waals surface area contributed by atoms with Gasteiger partial charge in [-0.2, -0.15) is 0 Å². The number of hydrogen-bond donors (Lipinski definition) is 1. The van der Waals surface area contributed by atoms with Crippen LogP contribution in [-0.4, -0.2) is 18.2 Å². The van der Waals surface area contributed by atoms with E-state index in [-0.39, 0.29) is 6.10 Å². The zero-order valence-electron chi connectivity index (χ0n) is 12.5. The highest BCUT2D eigenvalue weighted by Gasteiger charge is 2.15. The average Bonchev–Trinajstić information content (AvgIpc) is 2.26. The van der Waals surface area contributed by atoms with Gasteiger partial charge in [0.2, 0.25) is 0 Å². The van der Waals surface area contributed by atoms with E-state index in [2.05, 4.69) is 65.1 Å². The molecule has 1 N–H and O–H groups in total. The molecule has 2 heteroatoms. The van der Waals surface area contributed by atoms with Gasteiger partial charge < -0.3 is 10.1 Å². The van der Waals surface area contributed by atoms with Crippen molar-refractivity contribution in [2.24, 2.45) is 0 Å². The molecule has 0 fully saturated rings. The van der Waals surface area contributed by atoms with Crippen LogP contribution < -0.4 is 10.1 Å². The highest BCUT2D eigenvalue weighted by Crippen LogP contribution is 2.24. The summed E-state index contributed by atoms with van der Waals surface area (Å²) in [6.07, 6.45) is 0.224. The molecule has 0 saturated heterocycles. The lowest BCUT2D eigenvalue weighted by Crippen LogP contribution is -2.36. The summed E-state index contributed by atoms with van der Waals surface area (Å²) in [5.41, 5.74) is 1.33. The summed E-state index contributed by atoms with van der Waals surface area (Å²) in [6.45, 7) is 13.0. The van der Waals surface area contributed by atoms with Gasteiger partial charge in [-0.15, -0.1) is 0 Å². The third kappa shape index (κ3) is 4.69. The van der Waals surface area contributed by atoms with Crippen molar-refractivity contribution in [1.82, 2.24) is 5.32 Å². The van der Waals surface area contributed by atoms with E-state index < -0.39 is 0 Å². The molecule has 0 aliphatic rings. The Hall–Kier alpha value is -1.02. The molecule has 1 aromatic rings. The summed E-state index contributed by atoms with van der Waals surface area (Å²) in [4.78, 5) is 0. The number of hydrogen-bond acceptors (Lipinski definition) is 2. The quantitative estimate of drug-likeness (QED) is 0.824. The summed E-state index contributed by atoms with van der Waals surface area (Å²) < 4.78 is 5.75. The van der Waals surface area contributed by atoms with Gasteiger partial charge in [-0.25, -0.2) is 0 Å². The van der Waals surface area contributed by atoms with Gasteiger partial charge in [-0.05, 0) is 44.4 Å². The summed E-state index contributed by atoms with van der Waals surface area (Å²) >= 11 is 0. The Balaban J connectivity index is 2.76. The zero-order valence-corrected chi connectivity index (χ0v) is 12.5. The summed E-state index contributed by atoms with van der Waals surface area (Å²) in [5.74, 6) is 1.44. The lowest BCUT2D eigenvalue weighted by molar-refractivity contribution is 0.242. The molecule has 1 rings (SSSR count). The predicted octanol–water partition coefficient (Wildman–Crippen LogP) is 3.96. The van der Waals surface area contributed by atoms with Crippen LogP contribution in [0.2, 0.25) is 0 Å². The maximum Gasteiger partial charge on any atom is 0.119 e. The predicted molar refractivity (Wildman–Crippen MR) is 78.4 cm³/mol. The molecule has 0 heterocycles. The second-order valence-electron chi connectivity index (χ2n) is 5.64. The van der Waals surface area contributed by atoms with E-state index in [0.29, 0.717) is 18.0 Å². The van der Waals surface area contributed by atoms with E-state index in [4.69, 9.17) is 4.74 Å². The van der Waals surface area contributed by atoms with Crippen LogP contribution in [0.5, 0.6) is 5.75 Å². The van der Waals surface area contributed by atoms with E-state index in [0.717, 1.165) is 5.75 Å². The van der Waals surface area contributed by atoms with E-state index in [1.54, 1.807) is 0 Å². The molecule has 0 amide bonds. The number of rotatable bonds is 6. The van der Waals surface area contributed by atoms with Gasteiger partial charge in [0.1, 0.15) is 5.75 Å². The lowest BCUT2D eigenvalue weighted by atomic mass is 9.94. The smallest absolute Gasteiger partial charge is 0.119 e. The van der Waals surface area contributed by atoms with Crippen LogP contribution in [0.15, 0.2) is 24.3 Å². The first-order chi connectivity index (χ1) is 8.40. The fourth-order valence-electron chi connectivity index (χ4n) is 2.10. The van der Waals surface area contributed by atoms with Gasteiger partial charge >= 0.3 is 0 Å². The Kier molecular flexibility index (Phi) is 5.67. The molecule has 0 radical (unpaired) electrons. The molecule has 18 heavy (non-hydrogen) atoms. The Labute approximate surface area is 112 Å². The van der Waals surface area contributed by atoms with Crippen LogP contribution in [0.4, 0.5) is 0 Å². The fourth-order valence-corrected chi connectivity index (χ4v) is 2.10. The number of ether oxygens (including phenoxy) is 1. The van der Waals surface area contributed by atoms with Gasteiger partial charge in [0.05, 0.1) is 6.10 Å². The fraction of sp³-hybridized carbons (Fsp3) is 0.625. The minimum atomic E-state index is 0.224. The monoisotopic (exact) mass is 249 g/mol. The van der Waals surface area contributed by atoms with Gasteiger partial charge in [-0.1, -0.05) is 32.9 Å². The molecule has 2 nitrogen and oxygen atoms in total. The van der Waals surface area contributed by atoms with Crippen molar-refractivity contribution in [3.05, 3.63) is 29.8 Å². The van der Waals surface area contributed by atoms with E-state index >= 15 is 0 Å². The second-order valence-corrected chi connectivity index (χ2v) is 5.64. The zero-order chi connectivity index (χ0) is 13.7. The molecule has 2 unspecified atom stereocenters. The molecular weight excluding hydrogens is 222 g/mol. The largest absolute Gasteiger partial charge is 0.491 e. The lowest BCUT2D eigenvalue weighted by Gasteiger charge is -2.24. The van der Waals surface area contributed by atoms with Crippen molar-refractivity contribution in [1.29, 1.82) is 0 Å². The van der Waals surface area contributed by atoms with Crippen molar-refractivity contribution >= 4 is 0 Å². The van der Waals surface area contributed by atoms with Crippen molar-refractivity contribution in [3.8, 4) is 5.75 Å². The molecular formula is C16H27NO. The molecule has 102 valence electrons. The van der Waals surface area contributed by atoms with Crippen LogP contribution in [0.1, 0.15) is 53.0 Å². The normalized spacial score (nSPS) is 14.9. The van der Waals surface area contributed by atoms with Crippen molar-refractivity contribution in [2.45, 2.75) is 65.6 Å². The first kappa shape index (κ1) is 15.0. The van der Waals surface area contributed by atoms with Crippen LogP contribution in [0.3, 0.4) is 0 Å². The Morgan fingerprint density at radius 2 is 1.67 bits per heavy atom. The third-order valence-corrected chi connectivity index (χ3v) is 3.10. The molecule has 0 aromatic heterocycles. The first-order valence-corrected chi connectivity index (χ1v) is 6.92. The van der Waals surface area contributed by atoms with E-state index in [9.17, 15) is 0 Å². The summed E-state index contributed by atoms with van der Waals surface area (Å²) in [5, 5.41) is 3.56. The SMILES string of the molecule is CC(C)NC(C)C(C)c1cccc(OC(C)C)c1. The molecule has 0 saturated carbocycles. The van der Waals surface area contributed by atoms with Crippen LogP contribution >= 0.6 is 0 Å². The maximum atomic E-state index is 5.75. The molecule has 0 aliphatic carbocycles. The van der Waals surface area contributed by atoms with Crippen molar-refractivity contribution in [3.63, 3.8) is 0 Å². The summed E-state index contributed by atoms with van der Waals surface area (Å²) in [7, 11) is 0.